The lowest BCUT2D eigenvalue weighted by Gasteiger charge is -2.28. The molecule has 0 unspecified atom stereocenters. The van der Waals surface area contributed by atoms with Crippen molar-refractivity contribution in [1.29, 1.82) is 0 Å². The molecule has 0 saturated heterocycles. The summed E-state index contributed by atoms with van der Waals surface area (Å²) < 4.78 is 5.72. The Labute approximate surface area is 89.9 Å². The molecular weight excluding hydrogens is 190 g/mol. The molecule has 1 aliphatic carbocycles. The van der Waals surface area contributed by atoms with Gasteiger partial charge < -0.3 is 15.6 Å². The molecule has 0 heterocycles. The number of benzene rings is 1. The minimum atomic E-state index is -0.323. The molecule has 1 aromatic rings. The molecule has 3 nitrogen and oxygen atoms in total. The second-order valence-corrected chi connectivity index (χ2v) is 4.08. The molecule has 2 rings (SSSR count). The Morgan fingerprint density at radius 1 is 1.13 bits per heavy atom. The van der Waals surface area contributed by atoms with Gasteiger partial charge >= 0.3 is 0 Å². The topological polar surface area (TPSA) is 55.5 Å². The summed E-state index contributed by atoms with van der Waals surface area (Å²) in [7, 11) is 0. The van der Waals surface area contributed by atoms with Crippen LogP contribution in [-0.4, -0.2) is 17.3 Å². The summed E-state index contributed by atoms with van der Waals surface area (Å²) >= 11 is 0. The van der Waals surface area contributed by atoms with Gasteiger partial charge in [-0.3, -0.25) is 0 Å². The van der Waals surface area contributed by atoms with Crippen LogP contribution >= 0.6 is 0 Å². The molecule has 3 heteroatoms. The second-order valence-electron chi connectivity index (χ2n) is 4.08. The summed E-state index contributed by atoms with van der Waals surface area (Å²) in [4.78, 5) is 0. The maximum absolute atomic E-state index is 9.74. The largest absolute Gasteiger partial charge is 0.488 e. The van der Waals surface area contributed by atoms with Crippen molar-refractivity contribution in [1.82, 2.24) is 0 Å². The van der Waals surface area contributed by atoms with Crippen molar-refractivity contribution < 1.29 is 9.84 Å². The average molecular weight is 207 g/mol. The molecule has 82 valence electrons. The smallest absolute Gasteiger partial charge is 0.124 e. The fourth-order valence-corrected chi connectivity index (χ4v) is 1.94. The maximum atomic E-state index is 9.74. The lowest BCUT2D eigenvalue weighted by Crippen LogP contribution is -2.34. The number of anilines is 1. The average Bonchev–Trinajstić information content (AvgIpc) is 2.25. The van der Waals surface area contributed by atoms with Gasteiger partial charge in [0.05, 0.1) is 6.10 Å². The van der Waals surface area contributed by atoms with E-state index in [1.807, 2.05) is 24.3 Å². The number of aliphatic hydroxyl groups excluding tert-OH is 1. The van der Waals surface area contributed by atoms with Gasteiger partial charge in [-0.25, -0.2) is 0 Å². The van der Waals surface area contributed by atoms with Gasteiger partial charge in [0, 0.05) is 5.69 Å². The van der Waals surface area contributed by atoms with Crippen LogP contribution in [0.2, 0.25) is 0 Å². The summed E-state index contributed by atoms with van der Waals surface area (Å²) in [6.07, 6.45) is 3.64. The predicted octanol–water partition coefficient (Wildman–Crippen LogP) is 1.95. The highest BCUT2D eigenvalue weighted by molar-refractivity contribution is 5.41. The molecule has 2 atom stereocenters. The van der Waals surface area contributed by atoms with Crippen molar-refractivity contribution in [2.75, 3.05) is 5.73 Å². The lowest BCUT2D eigenvalue weighted by molar-refractivity contribution is 0.00688. The van der Waals surface area contributed by atoms with Crippen LogP contribution in [-0.2, 0) is 0 Å². The Hall–Kier alpha value is -1.22. The monoisotopic (exact) mass is 207 g/mol. The lowest BCUT2D eigenvalue weighted by atomic mass is 9.95. The van der Waals surface area contributed by atoms with E-state index in [1.54, 1.807) is 0 Å². The van der Waals surface area contributed by atoms with E-state index in [9.17, 15) is 5.11 Å². The highest BCUT2D eigenvalue weighted by Gasteiger charge is 2.24. The molecule has 1 saturated carbocycles. The molecule has 1 fully saturated rings. The number of nitrogens with two attached hydrogens (primary N) is 1. The number of aliphatic hydroxyl groups is 1. The first-order chi connectivity index (χ1) is 7.25. The van der Waals surface area contributed by atoms with E-state index in [0.29, 0.717) is 0 Å². The van der Waals surface area contributed by atoms with E-state index in [2.05, 4.69) is 0 Å². The molecule has 0 aromatic heterocycles. The minimum absolute atomic E-state index is 0.0534. The molecule has 0 radical (unpaired) electrons. The summed E-state index contributed by atoms with van der Waals surface area (Å²) in [5, 5.41) is 9.74. The van der Waals surface area contributed by atoms with Crippen LogP contribution in [0.4, 0.5) is 5.69 Å². The zero-order chi connectivity index (χ0) is 10.7. The minimum Gasteiger partial charge on any atom is -0.488 e. The molecule has 15 heavy (non-hydrogen) atoms. The van der Waals surface area contributed by atoms with Crippen molar-refractivity contribution in [2.24, 2.45) is 0 Å². The van der Waals surface area contributed by atoms with E-state index < -0.39 is 0 Å². The molecule has 0 aliphatic heterocycles. The number of hydrogen-bond donors (Lipinski definition) is 2. The van der Waals surface area contributed by atoms with Gasteiger partial charge in [0.2, 0.25) is 0 Å². The molecule has 1 aliphatic rings. The molecule has 0 spiro atoms. The van der Waals surface area contributed by atoms with E-state index >= 15 is 0 Å². The zero-order valence-electron chi connectivity index (χ0n) is 8.73. The van der Waals surface area contributed by atoms with Crippen LogP contribution in [0.25, 0.3) is 0 Å². The van der Waals surface area contributed by atoms with Gasteiger partial charge in [0.25, 0.3) is 0 Å². The van der Waals surface area contributed by atoms with Crippen molar-refractivity contribution in [3.8, 4) is 5.75 Å². The molecule has 0 amide bonds. The Balaban J connectivity index is 1.98. The Bertz CT molecular complexity index is 310. The number of ether oxygens (including phenoxy) is 1. The van der Waals surface area contributed by atoms with E-state index in [1.165, 1.54) is 0 Å². The Kier molecular flexibility index (Phi) is 3.11. The first kappa shape index (κ1) is 10.3. The van der Waals surface area contributed by atoms with Crippen LogP contribution in [0.3, 0.4) is 0 Å². The Morgan fingerprint density at radius 2 is 1.80 bits per heavy atom. The first-order valence-corrected chi connectivity index (χ1v) is 5.46. The van der Waals surface area contributed by atoms with Crippen molar-refractivity contribution in [3.63, 3.8) is 0 Å². The van der Waals surface area contributed by atoms with Gasteiger partial charge in [-0.15, -0.1) is 0 Å². The van der Waals surface area contributed by atoms with Crippen LogP contribution in [0.15, 0.2) is 24.3 Å². The number of rotatable bonds is 2. The molecular formula is C12H17NO2. The van der Waals surface area contributed by atoms with Crippen LogP contribution < -0.4 is 10.5 Å². The van der Waals surface area contributed by atoms with Gasteiger partial charge in [0.15, 0.2) is 0 Å². The zero-order valence-corrected chi connectivity index (χ0v) is 8.73. The van der Waals surface area contributed by atoms with Gasteiger partial charge in [0.1, 0.15) is 11.9 Å². The van der Waals surface area contributed by atoms with Crippen molar-refractivity contribution >= 4 is 5.69 Å². The third kappa shape index (κ3) is 2.63. The fourth-order valence-electron chi connectivity index (χ4n) is 1.94. The standard InChI is InChI=1S/C12H17NO2/c13-9-5-7-10(8-6-9)15-12-4-2-1-3-11(12)14/h5-8,11-12,14H,1-4,13H2/t11-,12-/m0/s1. The SMILES string of the molecule is Nc1ccc(O[C@H]2CCCC[C@@H]2O)cc1. The van der Waals surface area contributed by atoms with E-state index in [-0.39, 0.29) is 12.2 Å². The molecule has 0 bridgehead atoms. The molecule has 3 N–H and O–H groups in total. The predicted molar refractivity (Wildman–Crippen MR) is 59.7 cm³/mol. The summed E-state index contributed by atoms with van der Waals surface area (Å²) in [6.45, 7) is 0. The quantitative estimate of drug-likeness (QED) is 0.729. The van der Waals surface area contributed by atoms with Crippen molar-refractivity contribution in [3.05, 3.63) is 24.3 Å². The van der Waals surface area contributed by atoms with Gasteiger partial charge in [-0.2, -0.15) is 0 Å². The summed E-state index contributed by atoms with van der Waals surface area (Å²) in [5.41, 5.74) is 6.31. The number of hydrogen-bond acceptors (Lipinski definition) is 3. The normalized spacial score (nSPS) is 26.2. The summed E-state index contributed by atoms with van der Waals surface area (Å²) in [5.74, 6) is 0.787. The second kappa shape index (κ2) is 4.53. The first-order valence-electron chi connectivity index (χ1n) is 5.46. The van der Waals surface area contributed by atoms with Crippen LogP contribution in [0.1, 0.15) is 25.7 Å². The summed E-state index contributed by atoms with van der Waals surface area (Å²) in [6, 6.07) is 7.31. The third-order valence-electron chi connectivity index (χ3n) is 2.84. The molecule has 1 aromatic carbocycles. The highest BCUT2D eigenvalue weighted by atomic mass is 16.5. The van der Waals surface area contributed by atoms with E-state index in [4.69, 9.17) is 10.5 Å². The Morgan fingerprint density at radius 3 is 2.47 bits per heavy atom. The third-order valence-corrected chi connectivity index (χ3v) is 2.84. The van der Waals surface area contributed by atoms with Gasteiger partial charge in [-0.1, -0.05) is 6.42 Å². The number of nitrogen functional groups attached to an aromatic ring is 1. The fraction of sp³-hybridized carbons (Fsp3) is 0.500. The van der Waals surface area contributed by atoms with Crippen LogP contribution in [0.5, 0.6) is 5.75 Å². The highest BCUT2D eigenvalue weighted by Crippen LogP contribution is 2.24. The van der Waals surface area contributed by atoms with E-state index in [0.717, 1.165) is 37.1 Å². The van der Waals surface area contributed by atoms with Crippen molar-refractivity contribution in [2.45, 2.75) is 37.9 Å². The maximum Gasteiger partial charge on any atom is 0.124 e. The van der Waals surface area contributed by atoms with Gasteiger partial charge in [-0.05, 0) is 43.5 Å². The van der Waals surface area contributed by atoms with Crippen LogP contribution in [0, 0.1) is 0 Å².